The zero-order valence-electron chi connectivity index (χ0n) is 17.3. The normalized spacial score (nSPS) is 11.7. The maximum absolute atomic E-state index is 13.6. The lowest BCUT2D eigenvalue weighted by molar-refractivity contribution is 0.102. The minimum Gasteiger partial charge on any atom is -0.436 e. The summed E-state index contributed by atoms with van der Waals surface area (Å²) in [6, 6.07) is 12.9. The van der Waals surface area contributed by atoms with Crippen molar-refractivity contribution in [2.24, 2.45) is 4.99 Å². The van der Waals surface area contributed by atoms with Gasteiger partial charge in [-0.1, -0.05) is 29.3 Å². The van der Waals surface area contributed by atoms with Crippen molar-refractivity contribution in [3.63, 3.8) is 0 Å². The van der Waals surface area contributed by atoms with Crippen LogP contribution in [0.15, 0.2) is 64.1 Å². The number of aromatic nitrogens is 1. The van der Waals surface area contributed by atoms with Crippen molar-refractivity contribution in [1.82, 2.24) is 4.98 Å². The van der Waals surface area contributed by atoms with E-state index >= 15 is 0 Å². The highest BCUT2D eigenvalue weighted by atomic mass is 35.5. The van der Waals surface area contributed by atoms with Gasteiger partial charge < -0.3 is 14.8 Å². The standard InChI is InChI=1S/C24H19ClFN3O3/c1-13-3-5-16(6-4-13)28-23(31)19-10-18-15(12-30)11-27-14(2)22(18)32-24(19)29-17-7-8-21(26)20(25)9-17/h3-11,30H,12H2,1-2H3,(H,28,31). The molecular formula is C24H19ClFN3O3. The fourth-order valence-corrected chi connectivity index (χ4v) is 3.34. The number of hydrogen-bond acceptors (Lipinski definition) is 5. The average molecular weight is 452 g/mol. The molecule has 162 valence electrons. The van der Waals surface area contributed by atoms with E-state index in [1.165, 1.54) is 24.4 Å². The van der Waals surface area contributed by atoms with Gasteiger partial charge in [-0.2, -0.15) is 0 Å². The average Bonchev–Trinajstić information content (AvgIpc) is 2.78. The Morgan fingerprint density at radius 1 is 1.19 bits per heavy atom. The van der Waals surface area contributed by atoms with Crippen LogP contribution in [0.1, 0.15) is 27.2 Å². The summed E-state index contributed by atoms with van der Waals surface area (Å²) in [5.41, 5.74) is 3.58. The van der Waals surface area contributed by atoms with Gasteiger partial charge >= 0.3 is 0 Å². The number of carbonyl (C=O) groups excluding carboxylic acids is 1. The lowest BCUT2D eigenvalue weighted by Gasteiger charge is -2.10. The Kier molecular flexibility index (Phi) is 6.03. The molecule has 4 rings (SSSR count). The number of nitrogens with zero attached hydrogens (tertiary/aromatic N) is 2. The number of aliphatic hydroxyl groups excluding tert-OH is 1. The summed E-state index contributed by atoms with van der Waals surface area (Å²) in [5, 5.41) is 13.0. The van der Waals surface area contributed by atoms with Gasteiger partial charge in [0.2, 0.25) is 5.55 Å². The number of aliphatic hydroxyl groups is 1. The molecule has 0 fully saturated rings. The van der Waals surface area contributed by atoms with Crippen LogP contribution in [0.2, 0.25) is 5.02 Å². The Bertz CT molecular complexity index is 1400. The van der Waals surface area contributed by atoms with Gasteiger partial charge in [0, 0.05) is 22.8 Å². The minimum absolute atomic E-state index is 0.00442. The second-order valence-electron chi connectivity index (χ2n) is 7.27. The first-order chi connectivity index (χ1) is 15.4. The highest BCUT2D eigenvalue weighted by molar-refractivity contribution is 6.31. The summed E-state index contributed by atoms with van der Waals surface area (Å²) in [4.78, 5) is 21.8. The lowest BCUT2D eigenvalue weighted by atomic mass is 10.1. The maximum Gasteiger partial charge on any atom is 0.261 e. The van der Waals surface area contributed by atoms with Crippen molar-refractivity contribution in [1.29, 1.82) is 0 Å². The molecule has 0 aliphatic rings. The largest absolute Gasteiger partial charge is 0.436 e. The van der Waals surface area contributed by atoms with Crippen molar-refractivity contribution in [3.05, 3.63) is 93.5 Å². The first-order valence-corrected chi connectivity index (χ1v) is 10.1. The summed E-state index contributed by atoms with van der Waals surface area (Å²) < 4.78 is 19.5. The van der Waals surface area contributed by atoms with Crippen LogP contribution < -0.4 is 10.9 Å². The monoisotopic (exact) mass is 451 g/mol. The third-order valence-corrected chi connectivity index (χ3v) is 5.20. The highest BCUT2D eigenvalue weighted by Gasteiger charge is 2.17. The molecule has 0 spiro atoms. The molecule has 32 heavy (non-hydrogen) atoms. The number of halogens is 2. The first-order valence-electron chi connectivity index (χ1n) is 9.76. The molecule has 2 N–H and O–H groups in total. The van der Waals surface area contributed by atoms with E-state index in [-0.39, 0.29) is 22.7 Å². The molecule has 1 amide bonds. The van der Waals surface area contributed by atoms with E-state index < -0.39 is 11.7 Å². The number of rotatable bonds is 4. The Labute approximate surface area is 188 Å². The number of benzene rings is 2. The summed E-state index contributed by atoms with van der Waals surface area (Å²) in [6.07, 6.45) is 1.53. The number of amides is 1. The van der Waals surface area contributed by atoms with Gasteiger partial charge in [0.25, 0.3) is 5.91 Å². The van der Waals surface area contributed by atoms with Crippen molar-refractivity contribution < 1.29 is 18.7 Å². The van der Waals surface area contributed by atoms with Crippen LogP contribution in [-0.4, -0.2) is 16.0 Å². The molecule has 0 unspecified atom stereocenters. The van der Waals surface area contributed by atoms with Gasteiger partial charge in [-0.3, -0.25) is 9.78 Å². The molecule has 0 aliphatic heterocycles. The minimum atomic E-state index is -0.578. The summed E-state index contributed by atoms with van der Waals surface area (Å²) >= 11 is 5.88. The van der Waals surface area contributed by atoms with Crippen LogP contribution in [0.5, 0.6) is 0 Å². The van der Waals surface area contributed by atoms with E-state index in [2.05, 4.69) is 15.3 Å². The Hall–Kier alpha value is -3.55. The van der Waals surface area contributed by atoms with Crippen LogP contribution in [0.4, 0.5) is 15.8 Å². The summed E-state index contributed by atoms with van der Waals surface area (Å²) in [7, 11) is 0. The molecule has 0 saturated heterocycles. The van der Waals surface area contributed by atoms with Gasteiger partial charge in [0.05, 0.1) is 23.0 Å². The topological polar surface area (TPSA) is 87.7 Å². The zero-order chi connectivity index (χ0) is 22.8. The molecule has 0 bridgehead atoms. The Balaban J connectivity index is 1.92. The number of carbonyl (C=O) groups is 1. The fraction of sp³-hybridized carbons (Fsp3) is 0.125. The van der Waals surface area contributed by atoms with E-state index in [1.807, 2.05) is 19.1 Å². The van der Waals surface area contributed by atoms with E-state index in [0.29, 0.717) is 33.6 Å². The number of hydrogen-bond donors (Lipinski definition) is 2. The number of fused-ring (bicyclic) bond motifs is 1. The number of anilines is 1. The number of nitrogens with one attached hydrogen (secondary N) is 1. The third kappa shape index (κ3) is 4.39. The van der Waals surface area contributed by atoms with E-state index in [9.17, 15) is 14.3 Å². The van der Waals surface area contributed by atoms with E-state index in [0.717, 1.165) is 5.56 Å². The SMILES string of the molecule is Cc1ccc(NC(=O)c2cc3c(CO)cnc(C)c3oc2=Nc2ccc(F)c(Cl)c2)cc1. The summed E-state index contributed by atoms with van der Waals surface area (Å²) in [6.45, 7) is 3.42. The van der Waals surface area contributed by atoms with Gasteiger partial charge in [0.15, 0.2) is 5.58 Å². The highest BCUT2D eigenvalue weighted by Crippen LogP contribution is 2.24. The Morgan fingerprint density at radius 3 is 2.62 bits per heavy atom. The second-order valence-corrected chi connectivity index (χ2v) is 7.67. The first kappa shape index (κ1) is 21.7. The van der Waals surface area contributed by atoms with Crippen LogP contribution in [-0.2, 0) is 6.61 Å². The van der Waals surface area contributed by atoms with Gasteiger partial charge in [0.1, 0.15) is 11.4 Å². The molecule has 8 heteroatoms. The lowest BCUT2D eigenvalue weighted by Crippen LogP contribution is -2.22. The van der Waals surface area contributed by atoms with Crippen molar-refractivity contribution in [2.45, 2.75) is 20.5 Å². The van der Waals surface area contributed by atoms with Gasteiger partial charge in [-0.15, -0.1) is 0 Å². The maximum atomic E-state index is 13.6. The van der Waals surface area contributed by atoms with Crippen LogP contribution >= 0.6 is 11.6 Å². The van der Waals surface area contributed by atoms with Gasteiger partial charge in [-0.05, 0) is 50.2 Å². The molecule has 0 aliphatic carbocycles. The van der Waals surface area contributed by atoms with Crippen molar-refractivity contribution in [2.75, 3.05) is 5.32 Å². The smallest absolute Gasteiger partial charge is 0.261 e. The molecule has 2 aromatic carbocycles. The quantitative estimate of drug-likeness (QED) is 0.445. The molecule has 0 radical (unpaired) electrons. The third-order valence-electron chi connectivity index (χ3n) is 4.91. The second kappa shape index (κ2) is 8.90. The fourth-order valence-electron chi connectivity index (χ4n) is 3.17. The molecule has 6 nitrogen and oxygen atoms in total. The molecule has 2 heterocycles. The number of aryl methyl sites for hydroxylation is 2. The van der Waals surface area contributed by atoms with Crippen LogP contribution in [0.3, 0.4) is 0 Å². The zero-order valence-corrected chi connectivity index (χ0v) is 18.1. The summed E-state index contributed by atoms with van der Waals surface area (Å²) in [5.74, 6) is -1.03. The van der Waals surface area contributed by atoms with E-state index in [4.69, 9.17) is 16.0 Å². The molecular weight excluding hydrogens is 433 g/mol. The van der Waals surface area contributed by atoms with Crippen molar-refractivity contribution in [3.8, 4) is 0 Å². The predicted molar refractivity (Wildman–Crippen MR) is 120 cm³/mol. The van der Waals surface area contributed by atoms with Crippen LogP contribution in [0.25, 0.3) is 11.0 Å². The molecule has 4 aromatic rings. The predicted octanol–water partition coefficient (Wildman–Crippen LogP) is 5.21. The Morgan fingerprint density at radius 2 is 1.94 bits per heavy atom. The van der Waals surface area contributed by atoms with E-state index in [1.54, 1.807) is 25.1 Å². The van der Waals surface area contributed by atoms with Gasteiger partial charge in [-0.25, -0.2) is 9.38 Å². The molecule has 0 saturated carbocycles. The van der Waals surface area contributed by atoms with Crippen molar-refractivity contribution >= 4 is 39.9 Å². The number of pyridine rings is 1. The molecule has 2 aromatic heterocycles. The van der Waals surface area contributed by atoms with Crippen LogP contribution in [0, 0.1) is 19.7 Å². The molecule has 0 atom stereocenters.